The van der Waals surface area contributed by atoms with Crippen LogP contribution in [-0.2, 0) is 6.61 Å². The third-order valence-electron chi connectivity index (χ3n) is 4.14. The normalized spacial score (nSPS) is 24.2. The predicted octanol–water partition coefficient (Wildman–Crippen LogP) is 3.14. The zero-order valence-corrected chi connectivity index (χ0v) is 12.0. The van der Waals surface area contributed by atoms with Crippen molar-refractivity contribution in [3.05, 3.63) is 10.6 Å². The van der Waals surface area contributed by atoms with Gasteiger partial charge in [0, 0.05) is 18.5 Å². The lowest BCUT2D eigenvalue weighted by Gasteiger charge is -2.27. The van der Waals surface area contributed by atoms with Crippen molar-refractivity contribution in [2.24, 2.45) is 5.92 Å². The summed E-state index contributed by atoms with van der Waals surface area (Å²) < 4.78 is 0. The molecule has 3 rings (SSSR count). The van der Waals surface area contributed by atoms with Gasteiger partial charge in [0.2, 0.25) is 0 Å². The van der Waals surface area contributed by atoms with Crippen LogP contribution in [0.3, 0.4) is 0 Å². The van der Waals surface area contributed by atoms with E-state index < -0.39 is 0 Å². The van der Waals surface area contributed by atoms with Gasteiger partial charge < -0.3 is 10.0 Å². The van der Waals surface area contributed by atoms with Crippen LogP contribution in [-0.4, -0.2) is 22.7 Å². The number of thiazole rings is 1. The van der Waals surface area contributed by atoms with Crippen molar-refractivity contribution in [3.63, 3.8) is 0 Å². The zero-order chi connectivity index (χ0) is 12.7. The summed E-state index contributed by atoms with van der Waals surface area (Å²) in [5, 5.41) is 10.6. The van der Waals surface area contributed by atoms with E-state index in [9.17, 15) is 5.11 Å². The van der Waals surface area contributed by atoms with Crippen LogP contribution in [0.5, 0.6) is 0 Å². The third-order valence-corrected chi connectivity index (χ3v) is 5.23. The van der Waals surface area contributed by atoms with Crippen molar-refractivity contribution in [1.82, 2.24) is 4.98 Å². The van der Waals surface area contributed by atoms with Crippen LogP contribution in [0, 0.1) is 5.92 Å². The van der Waals surface area contributed by atoms with Crippen LogP contribution in [0.2, 0.25) is 0 Å². The van der Waals surface area contributed by atoms with Crippen molar-refractivity contribution >= 4 is 16.5 Å². The molecule has 0 aromatic carbocycles. The third kappa shape index (κ3) is 2.16. The summed E-state index contributed by atoms with van der Waals surface area (Å²) in [6.07, 6.45) is 5.06. The molecular formula is C14H22N2OS. The topological polar surface area (TPSA) is 36.4 Å². The van der Waals surface area contributed by atoms with E-state index in [0.29, 0.717) is 17.9 Å². The molecule has 2 heterocycles. The number of rotatable bonds is 4. The monoisotopic (exact) mass is 266 g/mol. The Morgan fingerprint density at radius 2 is 2.17 bits per heavy atom. The molecule has 0 spiro atoms. The molecule has 1 aliphatic carbocycles. The van der Waals surface area contributed by atoms with Gasteiger partial charge in [0.15, 0.2) is 5.13 Å². The standard InChI is InChI=1S/C14H22N2OS/c1-9(2)11-4-3-7-16(11)14-15-13(10-5-6-10)12(8-17)18-14/h9-11,17H,3-8H2,1-2H3. The van der Waals surface area contributed by atoms with Crippen molar-refractivity contribution in [1.29, 1.82) is 0 Å². The van der Waals surface area contributed by atoms with Gasteiger partial charge in [-0.15, -0.1) is 0 Å². The molecule has 1 aliphatic heterocycles. The molecule has 18 heavy (non-hydrogen) atoms. The van der Waals surface area contributed by atoms with Gasteiger partial charge in [0.1, 0.15) is 0 Å². The van der Waals surface area contributed by atoms with E-state index in [1.807, 2.05) is 0 Å². The average Bonchev–Trinajstić information content (AvgIpc) is 2.94. The predicted molar refractivity (Wildman–Crippen MR) is 75.2 cm³/mol. The summed E-state index contributed by atoms with van der Waals surface area (Å²) in [6, 6.07) is 0.634. The van der Waals surface area contributed by atoms with E-state index in [2.05, 4.69) is 18.7 Å². The zero-order valence-electron chi connectivity index (χ0n) is 11.2. The van der Waals surface area contributed by atoms with Crippen LogP contribution in [0.4, 0.5) is 5.13 Å². The molecule has 4 heteroatoms. The van der Waals surface area contributed by atoms with Crippen LogP contribution in [0.25, 0.3) is 0 Å². The van der Waals surface area contributed by atoms with Crippen LogP contribution >= 0.6 is 11.3 Å². The number of hydrogen-bond donors (Lipinski definition) is 1. The van der Waals surface area contributed by atoms with Crippen molar-refractivity contribution in [2.75, 3.05) is 11.4 Å². The van der Waals surface area contributed by atoms with Crippen LogP contribution < -0.4 is 4.90 Å². The van der Waals surface area contributed by atoms with Crippen molar-refractivity contribution in [2.45, 2.75) is 58.1 Å². The van der Waals surface area contributed by atoms with Gasteiger partial charge in [-0.2, -0.15) is 0 Å². The Morgan fingerprint density at radius 1 is 1.39 bits per heavy atom. The molecule has 0 amide bonds. The molecule has 0 radical (unpaired) electrons. The molecule has 2 fully saturated rings. The molecule has 1 unspecified atom stereocenters. The van der Waals surface area contributed by atoms with E-state index in [0.717, 1.165) is 16.6 Å². The molecule has 3 nitrogen and oxygen atoms in total. The first-order valence-corrected chi connectivity index (χ1v) is 7.89. The molecule has 0 bridgehead atoms. The molecule has 1 saturated carbocycles. The van der Waals surface area contributed by atoms with Gasteiger partial charge in [-0.25, -0.2) is 4.98 Å². The van der Waals surface area contributed by atoms with Gasteiger partial charge in [-0.1, -0.05) is 25.2 Å². The molecular weight excluding hydrogens is 244 g/mol. The number of aliphatic hydroxyl groups is 1. The number of anilines is 1. The van der Waals surface area contributed by atoms with Crippen molar-refractivity contribution in [3.8, 4) is 0 Å². The minimum Gasteiger partial charge on any atom is -0.391 e. The summed E-state index contributed by atoms with van der Waals surface area (Å²) in [6.45, 7) is 5.88. The Balaban J connectivity index is 1.87. The summed E-state index contributed by atoms with van der Waals surface area (Å²) in [4.78, 5) is 8.41. The number of hydrogen-bond acceptors (Lipinski definition) is 4. The summed E-state index contributed by atoms with van der Waals surface area (Å²) in [5.41, 5.74) is 1.19. The van der Waals surface area contributed by atoms with E-state index in [1.165, 1.54) is 31.4 Å². The second kappa shape index (κ2) is 4.82. The van der Waals surface area contributed by atoms with Crippen LogP contribution in [0.1, 0.15) is 56.0 Å². The first-order chi connectivity index (χ1) is 8.70. The number of aliphatic hydroxyl groups excluding tert-OH is 1. The minimum absolute atomic E-state index is 0.156. The summed E-state index contributed by atoms with van der Waals surface area (Å²) in [7, 11) is 0. The SMILES string of the molecule is CC(C)C1CCCN1c1nc(C2CC2)c(CO)s1. The fourth-order valence-corrected chi connectivity index (χ4v) is 4.08. The first-order valence-electron chi connectivity index (χ1n) is 7.07. The second-order valence-electron chi connectivity index (χ2n) is 5.88. The minimum atomic E-state index is 0.156. The molecule has 2 aliphatic rings. The first kappa shape index (κ1) is 12.4. The molecule has 1 aromatic rings. The smallest absolute Gasteiger partial charge is 0.186 e. The van der Waals surface area contributed by atoms with Crippen molar-refractivity contribution < 1.29 is 5.11 Å². The lowest BCUT2D eigenvalue weighted by atomic mass is 10.0. The van der Waals surface area contributed by atoms with E-state index >= 15 is 0 Å². The summed E-state index contributed by atoms with van der Waals surface area (Å²) in [5.74, 6) is 1.32. The highest BCUT2D eigenvalue weighted by Crippen LogP contribution is 2.45. The Hall–Kier alpha value is -0.610. The highest BCUT2D eigenvalue weighted by atomic mass is 32.1. The Morgan fingerprint density at radius 3 is 2.78 bits per heavy atom. The second-order valence-corrected chi connectivity index (χ2v) is 6.95. The highest BCUT2D eigenvalue weighted by Gasteiger charge is 2.33. The maximum absolute atomic E-state index is 9.48. The lowest BCUT2D eigenvalue weighted by molar-refractivity contribution is 0.284. The average molecular weight is 266 g/mol. The molecule has 1 saturated heterocycles. The van der Waals surface area contributed by atoms with Gasteiger partial charge in [-0.3, -0.25) is 0 Å². The quantitative estimate of drug-likeness (QED) is 0.909. The fraction of sp³-hybridized carbons (Fsp3) is 0.786. The molecule has 1 atom stereocenters. The maximum Gasteiger partial charge on any atom is 0.186 e. The van der Waals surface area contributed by atoms with Gasteiger partial charge in [-0.05, 0) is 31.6 Å². The van der Waals surface area contributed by atoms with Gasteiger partial charge in [0.05, 0.1) is 17.2 Å². The Labute approximate surface area is 113 Å². The summed E-state index contributed by atoms with van der Waals surface area (Å²) >= 11 is 1.71. The molecule has 100 valence electrons. The number of aromatic nitrogens is 1. The fourth-order valence-electron chi connectivity index (χ4n) is 2.99. The van der Waals surface area contributed by atoms with E-state index in [4.69, 9.17) is 4.98 Å². The lowest BCUT2D eigenvalue weighted by Crippen LogP contribution is -2.33. The van der Waals surface area contributed by atoms with Crippen LogP contribution in [0.15, 0.2) is 0 Å². The van der Waals surface area contributed by atoms with E-state index in [-0.39, 0.29) is 6.61 Å². The van der Waals surface area contributed by atoms with E-state index in [1.54, 1.807) is 11.3 Å². The van der Waals surface area contributed by atoms with Gasteiger partial charge in [0.25, 0.3) is 0 Å². The van der Waals surface area contributed by atoms with Gasteiger partial charge >= 0.3 is 0 Å². The Kier molecular flexibility index (Phi) is 3.32. The molecule has 1 aromatic heterocycles. The largest absolute Gasteiger partial charge is 0.391 e. The maximum atomic E-state index is 9.48. The molecule has 1 N–H and O–H groups in total. The Bertz CT molecular complexity index is 425. The highest BCUT2D eigenvalue weighted by molar-refractivity contribution is 7.15. The number of nitrogens with zero attached hydrogens (tertiary/aromatic N) is 2.